The topological polar surface area (TPSA) is 62.5 Å². The maximum atomic E-state index is 12.7. The zero-order valence-electron chi connectivity index (χ0n) is 13.8. The summed E-state index contributed by atoms with van der Waals surface area (Å²) in [6.45, 7) is 2.13. The summed E-state index contributed by atoms with van der Waals surface area (Å²) in [5.74, 6) is 0.0768. The molecule has 23 heavy (non-hydrogen) atoms. The number of hydrogen-bond acceptors (Lipinski definition) is 4. The lowest BCUT2D eigenvalue weighted by Crippen LogP contribution is -2.37. The monoisotopic (exact) mass is 312 g/mol. The molecular weight excluding hydrogens is 288 g/mol. The molecule has 0 radical (unpaired) electrons. The Bertz CT molecular complexity index is 611. The van der Waals surface area contributed by atoms with Gasteiger partial charge >= 0.3 is 0 Å². The lowest BCUT2D eigenvalue weighted by molar-refractivity contribution is -0.131. The van der Waals surface area contributed by atoms with Crippen molar-refractivity contribution in [3.05, 3.63) is 59.9 Å². The second kappa shape index (κ2) is 8.29. The number of nitrogens with zero attached hydrogens (tertiary/aromatic N) is 3. The molecule has 2 aromatic rings. The van der Waals surface area contributed by atoms with Crippen molar-refractivity contribution in [2.24, 2.45) is 0 Å². The van der Waals surface area contributed by atoms with Crippen LogP contribution in [0.2, 0.25) is 0 Å². The van der Waals surface area contributed by atoms with E-state index in [0.29, 0.717) is 25.2 Å². The van der Waals surface area contributed by atoms with Crippen LogP contribution in [0.5, 0.6) is 0 Å². The fraction of sp³-hybridized carbons (Fsp3) is 0.333. The Labute approximate surface area is 137 Å². The Hall–Kier alpha value is -2.40. The molecule has 1 amide bonds. The Morgan fingerprint density at radius 3 is 2.43 bits per heavy atom. The van der Waals surface area contributed by atoms with Crippen molar-refractivity contribution in [2.45, 2.75) is 13.0 Å². The van der Waals surface area contributed by atoms with E-state index in [1.165, 1.54) is 0 Å². The Morgan fingerprint density at radius 2 is 1.83 bits per heavy atom. The number of carbonyl (C=O) groups is 1. The lowest BCUT2D eigenvalue weighted by Gasteiger charge is -2.24. The standard InChI is InChI=1S/C18H24N4O/c1-21(2)10-11-22(14-15-6-4-3-5-7-15)18(23)12-17-9-8-16(19)13-20-17/h3-9,13H,10-12,14,19H2,1-2H3. The van der Waals surface area contributed by atoms with Gasteiger partial charge in [-0.2, -0.15) is 0 Å². The number of nitrogens with two attached hydrogens (primary N) is 1. The summed E-state index contributed by atoms with van der Waals surface area (Å²) in [6, 6.07) is 13.6. The number of rotatable bonds is 7. The van der Waals surface area contributed by atoms with Crippen molar-refractivity contribution in [3.8, 4) is 0 Å². The first-order valence-electron chi connectivity index (χ1n) is 7.71. The maximum Gasteiger partial charge on any atom is 0.228 e. The predicted octanol–water partition coefficient (Wildman–Crippen LogP) is 1.80. The highest BCUT2D eigenvalue weighted by Crippen LogP contribution is 2.08. The summed E-state index contributed by atoms with van der Waals surface area (Å²) in [5.41, 5.74) is 8.12. The molecular formula is C18H24N4O. The fourth-order valence-corrected chi connectivity index (χ4v) is 2.22. The molecule has 0 saturated heterocycles. The number of carbonyl (C=O) groups excluding carboxylic acids is 1. The Balaban J connectivity index is 2.05. The van der Waals surface area contributed by atoms with E-state index in [0.717, 1.165) is 17.8 Å². The van der Waals surface area contributed by atoms with Crippen molar-refractivity contribution in [2.75, 3.05) is 32.9 Å². The number of anilines is 1. The van der Waals surface area contributed by atoms with Gasteiger partial charge in [0.2, 0.25) is 5.91 Å². The summed E-state index contributed by atoms with van der Waals surface area (Å²) in [6.07, 6.45) is 1.88. The number of amides is 1. The van der Waals surface area contributed by atoms with Crippen LogP contribution in [0.1, 0.15) is 11.3 Å². The number of likely N-dealkylation sites (N-methyl/N-ethyl adjacent to an activating group) is 1. The molecule has 1 aromatic heterocycles. The second-order valence-electron chi connectivity index (χ2n) is 5.86. The van der Waals surface area contributed by atoms with Gasteiger partial charge in [-0.15, -0.1) is 0 Å². The summed E-state index contributed by atoms with van der Waals surface area (Å²) >= 11 is 0. The molecule has 1 heterocycles. The van der Waals surface area contributed by atoms with Crippen molar-refractivity contribution in [3.63, 3.8) is 0 Å². The van der Waals surface area contributed by atoms with Crippen LogP contribution in [-0.4, -0.2) is 47.9 Å². The molecule has 0 aliphatic heterocycles. The van der Waals surface area contributed by atoms with Gasteiger partial charge in [-0.1, -0.05) is 30.3 Å². The quantitative estimate of drug-likeness (QED) is 0.847. The van der Waals surface area contributed by atoms with Gasteiger partial charge in [0.15, 0.2) is 0 Å². The molecule has 0 atom stereocenters. The van der Waals surface area contributed by atoms with E-state index in [9.17, 15) is 4.79 Å². The Kier molecular flexibility index (Phi) is 6.11. The van der Waals surface area contributed by atoms with Crippen LogP contribution < -0.4 is 5.73 Å². The molecule has 122 valence electrons. The van der Waals surface area contributed by atoms with E-state index < -0.39 is 0 Å². The third-order valence-corrected chi connectivity index (χ3v) is 3.57. The minimum Gasteiger partial charge on any atom is -0.397 e. The predicted molar refractivity (Wildman–Crippen MR) is 92.8 cm³/mol. The molecule has 0 unspecified atom stereocenters. The van der Waals surface area contributed by atoms with E-state index in [2.05, 4.69) is 9.88 Å². The summed E-state index contributed by atoms with van der Waals surface area (Å²) in [7, 11) is 4.01. The van der Waals surface area contributed by atoms with Gasteiger partial charge in [0, 0.05) is 25.3 Å². The zero-order chi connectivity index (χ0) is 16.7. The number of nitrogen functional groups attached to an aromatic ring is 1. The first kappa shape index (κ1) is 17.0. The summed E-state index contributed by atoms with van der Waals surface area (Å²) in [4.78, 5) is 20.8. The highest BCUT2D eigenvalue weighted by Gasteiger charge is 2.15. The van der Waals surface area contributed by atoms with E-state index in [4.69, 9.17) is 5.73 Å². The summed E-state index contributed by atoms with van der Waals surface area (Å²) < 4.78 is 0. The highest BCUT2D eigenvalue weighted by molar-refractivity contribution is 5.78. The van der Waals surface area contributed by atoms with E-state index in [1.807, 2.05) is 49.3 Å². The van der Waals surface area contributed by atoms with E-state index in [1.54, 1.807) is 18.3 Å². The van der Waals surface area contributed by atoms with Crippen LogP contribution in [0.25, 0.3) is 0 Å². The zero-order valence-corrected chi connectivity index (χ0v) is 13.8. The molecule has 0 fully saturated rings. The van der Waals surface area contributed by atoms with Crippen molar-refractivity contribution >= 4 is 11.6 Å². The van der Waals surface area contributed by atoms with Crippen LogP contribution in [0.3, 0.4) is 0 Å². The van der Waals surface area contributed by atoms with Crippen molar-refractivity contribution < 1.29 is 4.79 Å². The van der Waals surface area contributed by atoms with Crippen LogP contribution >= 0.6 is 0 Å². The third kappa shape index (κ3) is 5.71. The molecule has 5 heteroatoms. The normalized spacial score (nSPS) is 10.7. The molecule has 0 spiro atoms. The van der Waals surface area contributed by atoms with E-state index in [-0.39, 0.29) is 5.91 Å². The molecule has 2 N–H and O–H groups in total. The minimum absolute atomic E-state index is 0.0768. The number of pyridine rings is 1. The largest absolute Gasteiger partial charge is 0.397 e. The van der Waals surface area contributed by atoms with Gasteiger partial charge in [0.05, 0.1) is 18.3 Å². The van der Waals surface area contributed by atoms with E-state index >= 15 is 0 Å². The van der Waals surface area contributed by atoms with Crippen molar-refractivity contribution in [1.82, 2.24) is 14.8 Å². The van der Waals surface area contributed by atoms with Crippen LogP contribution in [0.4, 0.5) is 5.69 Å². The molecule has 2 rings (SSSR count). The molecule has 0 aliphatic rings. The number of benzene rings is 1. The molecule has 5 nitrogen and oxygen atoms in total. The maximum absolute atomic E-state index is 12.7. The number of hydrogen-bond donors (Lipinski definition) is 1. The van der Waals surface area contributed by atoms with Crippen LogP contribution in [0.15, 0.2) is 48.7 Å². The first-order chi connectivity index (χ1) is 11.0. The number of aromatic nitrogens is 1. The molecule has 0 bridgehead atoms. The van der Waals surface area contributed by atoms with Gasteiger partial charge < -0.3 is 15.5 Å². The van der Waals surface area contributed by atoms with Gasteiger partial charge in [0.25, 0.3) is 0 Å². The van der Waals surface area contributed by atoms with Gasteiger partial charge in [0.1, 0.15) is 0 Å². The average molecular weight is 312 g/mol. The molecule has 0 aliphatic carbocycles. The minimum atomic E-state index is 0.0768. The second-order valence-corrected chi connectivity index (χ2v) is 5.86. The summed E-state index contributed by atoms with van der Waals surface area (Å²) in [5, 5.41) is 0. The van der Waals surface area contributed by atoms with Crippen molar-refractivity contribution in [1.29, 1.82) is 0 Å². The average Bonchev–Trinajstić information content (AvgIpc) is 2.54. The Morgan fingerprint density at radius 1 is 1.09 bits per heavy atom. The first-order valence-corrected chi connectivity index (χ1v) is 7.71. The highest BCUT2D eigenvalue weighted by atomic mass is 16.2. The van der Waals surface area contributed by atoms with Crippen LogP contribution in [-0.2, 0) is 17.8 Å². The third-order valence-electron chi connectivity index (χ3n) is 3.57. The van der Waals surface area contributed by atoms with Gasteiger partial charge in [-0.25, -0.2) is 0 Å². The lowest BCUT2D eigenvalue weighted by atomic mass is 10.2. The fourth-order valence-electron chi connectivity index (χ4n) is 2.22. The SMILES string of the molecule is CN(C)CCN(Cc1ccccc1)C(=O)Cc1ccc(N)cn1. The molecule has 1 aromatic carbocycles. The van der Waals surface area contributed by atoms with Gasteiger partial charge in [-0.3, -0.25) is 9.78 Å². The molecule has 0 saturated carbocycles. The smallest absolute Gasteiger partial charge is 0.228 e. The van der Waals surface area contributed by atoms with Gasteiger partial charge in [-0.05, 0) is 31.8 Å². The van der Waals surface area contributed by atoms with Crippen LogP contribution in [0, 0.1) is 0 Å².